The molecular formula is C24H46N2O3. The van der Waals surface area contributed by atoms with E-state index >= 15 is 0 Å². The second-order valence-electron chi connectivity index (χ2n) is 8.08. The van der Waals surface area contributed by atoms with Crippen LogP contribution in [-0.2, 0) is 9.59 Å². The van der Waals surface area contributed by atoms with E-state index in [0.29, 0.717) is 19.4 Å². The Morgan fingerprint density at radius 1 is 0.828 bits per heavy atom. The van der Waals surface area contributed by atoms with E-state index in [2.05, 4.69) is 24.4 Å². The van der Waals surface area contributed by atoms with Crippen LogP contribution >= 0.6 is 0 Å². The number of hydrogen-bond acceptors (Lipinski definition) is 3. The summed E-state index contributed by atoms with van der Waals surface area (Å²) in [4.78, 5) is 23.1. The van der Waals surface area contributed by atoms with Gasteiger partial charge in [0.1, 0.15) is 6.04 Å². The Balaban J connectivity index is 3.49. The molecule has 170 valence electrons. The van der Waals surface area contributed by atoms with Gasteiger partial charge in [-0.25, -0.2) is 4.79 Å². The van der Waals surface area contributed by atoms with E-state index < -0.39 is 12.0 Å². The van der Waals surface area contributed by atoms with E-state index in [4.69, 9.17) is 5.73 Å². The molecule has 5 nitrogen and oxygen atoms in total. The maximum Gasteiger partial charge on any atom is 0.326 e. The van der Waals surface area contributed by atoms with Gasteiger partial charge in [-0.05, 0) is 57.9 Å². The summed E-state index contributed by atoms with van der Waals surface area (Å²) in [7, 11) is 0. The molecule has 0 rings (SSSR count). The van der Waals surface area contributed by atoms with Crippen LogP contribution in [0.25, 0.3) is 0 Å². The number of nitrogens with one attached hydrogen (secondary N) is 1. The molecule has 0 saturated heterocycles. The molecule has 0 bridgehead atoms. The van der Waals surface area contributed by atoms with Crippen molar-refractivity contribution in [2.45, 2.75) is 122 Å². The maximum absolute atomic E-state index is 11.9. The number of hydrogen-bond donors (Lipinski definition) is 3. The number of rotatable bonds is 21. The van der Waals surface area contributed by atoms with Gasteiger partial charge in [0.25, 0.3) is 0 Å². The lowest BCUT2D eigenvalue weighted by Crippen LogP contribution is -2.40. The minimum atomic E-state index is -0.957. The monoisotopic (exact) mass is 410 g/mol. The van der Waals surface area contributed by atoms with Gasteiger partial charge in [-0.15, -0.1) is 0 Å². The highest BCUT2D eigenvalue weighted by atomic mass is 16.4. The SMILES string of the molecule is CCCCCC/C=C/CCCCCCCCCC(=O)NC(CCCCN)C(=O)O. The summed E-state index contributed by atoms with van der Waals surface area (Å²) in [5, 5.41) is 11.8. The number of nitrogens with two attached hydrogens (primary N) is 1. The van der Waals surface area contributed by atoms with Gasteiger partial charge < -0.3 is 16.2 Å². The van der Waals surface area contributed by atoms with Crippen molar-refractivity contribution in [1.29, 1.82) is 0 Å². The van der Waals surface area contributed by atoms with Crippen molar-refractivity contribution in [3.63, 3.8) is 0 Å². The number of carboxylic acid groups (broad SMARTS) is 1. The number of carboxylic acids is 1. The average molecular weight is 411 g/mol. The van der Waals surface area contributed by atoms with E-state index in [-0.39, 0.29) is 5.91 Å². The first-order valence-corrected chi connectivity index (χ1v) is 12.0. The van der Waals surface area contributed by atoms with Crippen LogP contribution in [0.2, 0.25) is 0 Å². The Bertz CT molecular complexity index is 424. The van der Waals surface area contributed by atoms with E-state index in [1.54, 1.807) is 0 Å². The van der Waals surface area contributed by atoms with Crippen molar-refractivity contribution in [3.8, 4) is 0 Å². The summed E-state index contributed by atoms with van der Waals surface area (Å²) in [6.45, 7) is 2.80. The molecule has 0 fully saturated rings. The van der Waals surface area contributed by atoms with Crippen molar-refractivity contribution in [2.24, 2.45) is 5.73 Å². The Hall–Kier alpha value is -1.36. The minimum absolute atomic E-state index is 0.147. The van der Waals surface area contributed by atoms with Crippen LogP contribution in [0.1, 0.15) is 116 Å². The minimum Gasteiger partial charge on any atom is -0.480 e. The first-order chi connectivity index (χ1) is 14.1. The number of carbonyl (C=O) groups excluding carboxylic acids is 1. The van der Waals surface area contributed by atoms with E-state index in [1.165, 1.54) is 64.2 Å². The Kier molecular flexibility index (Phi) is 20.3. The highest BCUT2D eigenvalue weighted by Crippen LogP contribution is 2.11. The largest absolute Gasteiger partial charge is 0.480 e. The topological polar surface area (TPSA) is 92.4 Å². The van der Waals surface area contributed by atoms with Crippen molar-refractivity contribution < 1.29 is 14.7 Å². The lowest BCUT2D eigenvalue weighted by molar-refractivity contribution is -0.142. The summed E-state index contributed by atoms with van der Waals surface area (Å²) in [6.07, 6.45) is 22.9. The zero-order chi connectivity index (χ0) is 21.6. The van der Waals surface area contributed by atoms with Crippen LogP contribution in [0.5, 0.6) is 0 Å². The summed E-state index contributed by atoms with van der Waals surface area (Å²) in [5.41, 5.74) is 5.42. The highest BCUT2D eigenvalue weighted by Gasteiger charge is 2.18. The third-order valence-electron chi connectivity index (χ3n) is 5.25. The van der Waals surface area contributed by atoms with Gasteiger partial charge in [-0.2, -0.15) is 0 Å². The van der Waals surface area contributed by atoms with Crippen LogP contribution in [0, 0.1) is 0 Å². The lowest BCUT2D eigenvalue weighted by Gasteiger charge is -2.14. The Morgan fingerprint density at radius 3 is 1.93 bits per heavy atom. The summed E-state index contributed by atoms with van der Waals surface area (Å²) in [5.74, 6) is -1.10. The number of allylic oxidation sites excluding steroid dienone is 2. The van der Waals surface area contributed by atoms with Gasteiger partial charge >= 0.3 is 5.97 Å². The third kappa shape index (κ3) is 19.7. The number of aliphatic carboxylic acids is 1. The van der Waals surface area contributed by atoms with Gasteiger partial charge in [0.05, 0.1) is 0 Å². The molecule has 0 saturated carbocycles. The first kappa shape index (κ1) is 27.6. The van der Waals surface area contributed by atoms with Crippen molar-refractivity contribution in [3.05, 3.63) is 12.2 Å². The van der Waals surface area contributed by atoms with Crippen molar-refractivity contribution >= 4 is 11.9 Å². The van der Waals surface area contributed by atoms with Crippen molar-refractivity contribution in [1.82, 2.24) is 5.32 Å². The molecule has 0 heterocycles. The number of unbranched alkanes of at least 4 members (excludes halogenated alkanes) is 12. The predicted molar refractivity (Wildman–Crippen MR) is 122 cm³/mol. The molecule has 0 radical (unpaired) electrons. The molecule has 5 heteroatoms. The summed E-state index contributed by atoms with van der Waals surface area (Å²) in [6, 6.07) is -0.778. The molecule has 29 heavy (non-hydrogen) atoms. The predicted octanol–water partition coefficient (Wildman–Crippen LogP) is 5.72. The van der Waals surface area contributed by atoms with E-state index in [9.17, 15) is 14.7 Å². The molecule has 0 spiro atoms. The van der Waals surface area contributed by atoms with Gasteiger partial charge in [-0.1, -0.05) is 70.4 Å². The second-order valence-corrected chi connectivity index (χ2v) is 8.08. The molecule has 0 aliphatic carbocycles. The Morgan fingerprint density at radius 2 is 1.38 bits per heavy atom. The van der Waals surface area contributed by atoms with Crippen LogP contribution in [-0.4, -0.2) is 29.6 Å². The molecular weight excluding hydrogens is 364 g/mol. The number of amides is 1. The van der Waals surface area contributed by atoms with Crippen LogP contribution in [0.3, 0.4) is 0 Å². The molecule has 0 aliphatic rings. The van der Waals surface area contributed by atoms with Gasteiger partial charge in [0, 0.05) is 6.42 Å². The molecule has 0 aromatic carbocycles. The number of carbonyl (C=O) groups is 2. The normalized spacial score (nSPS) is 12.3. The maximum atomic E-state index is 11.9. The zero-order valence-corrected chi connectivity index (χ0v) is 18.8. The fourth-order valence-electron chi connectivity index (χ4n) is 3.37. The van der Waals surface area contributed by atoms with E-state index in [1.807, 2.05) is 0 Å². The molecule has 1 amide bonds. The molecule has 0 aliphatic heterocycles. The fourth-order valence-corrected chi connectivity index (χ4v) is 3.37. The fraction of sp³-hybridized carbons (Fsp3) is 0.833. The highest BCUT2D eigenvalue weighted by molar-refractivity contribution is 5.83. The van der Waals surface area contributed by atoms with Gasteiger partial charge in [0.2, 0.25) is 5.91 Å². The van der Waals surface area contributed by atoms with Crippen LogP contribution in [0.4, 0.5) is 0 Å². The molecule has 1 atom stereocenters. The van der Waals surface area contributed by atoms with E-state index in [0.717, 1.165) is 32.1 Å². The third-order valence-corrected chi connectivity index (χ3v) is 5.25. The van der Waals surface area contributed by atoms with Gasteiger partial charge in [-0.3, -0.25) is 4.79 Å². The quantitative estimate of drug-likeness (QED) is 0.167. The van der Waals surface area contributed by atoms with Crippen LogP contribution in [0.15, 0.2) is 12.2 Å². The average Bonchev–Trinajstić information content (AvgIpc) is 2.70. The molecule has 4 N–H and O–H groups in total. The molecule has 0 aromatic heterocycles. The Labute approximate surface area is 178 Å². The lowest BCUT2D eigenvalue weighted by atomic mass is 10.1. The molecule has 0 aromatic rings. The smallest absolute Gasteiger partial charge is 0.326 e. The molecule has 1 unspecified atom stereocenters. The van der Waals surface area contributed by atoms with Gasteiger partial charge in [0.15, 0.2) is 0 Å². The summed E-state index contributed by atoms with van der Waals surface area (Å²) >= 11 is 0. The van der Waals surface area contributed by atoms with Crippen molar-refractivity contribution in [2.75, 3.05) is 6.54 Å². The zero-order valence-electron chi connectivity index (χ0n) is 18.8. The standard InChI is InChI=1S/C24H46N2O3/c1-2-3-4-5-6-7-8-9-10-11-12-13-14-15-16-20-23(27)26-22(24(28)29)19-17-18-21-25/h7-8,22H,2-6,9-21,25H2,1H3,(H,26,27)(H,28,29)/b8-7+. The van der Waals surface area contributed by atoms with Crippen LogP contribution < -0.4 is 11.1 Å². The second kappa shape index (κ2) is 21.4. The summed E-state index contributed by atoms with van der Waals surface area (Å²) < 4.78 is 0. The first-order valence-electron chi connectivity index (χ1n) is 12.0.